The van der Waals surface area contributed by atoms with Gasteiger partial charge in [-0.25, -0.2) is 0 Å². The van der Waals surface area contributed by atoms with E-state index in [1.165, 1.54) is 0 Å². The molecule has 1 aliphatic heterocycles. The fraction of sp³-hybridized carbons (Fsp3) is 0.455. The predicted molar refractivity (Wildman–Crippen MR) is 114 cm³/mol. The van der Waals surface area contributed by atoms with Gasteiger partial charge < -0.3 is 19.4 Å². The van der Waals surface area contributed by atoms with Crippen LogP contribution in [0, 0.1) is 5.92 Å². The number of aryl methyl sites for hydroxylation is 1. The SMILES string of the molecule is CC(C)C(=O)NCCc1nnc2n1CCN(C(=O)c1cc3ccccc3n1C)CC2. The van der Waals surface area contributed by atoms with Crippen LogP contribution in [0.3, 0.4) is 0 Å². The molecule has 1 aromatic carbocycles. The van der Waals surface area contributed by atoms with Gasteiger partial charge >= 0.3 is 0 Å². The Kier molecular flexibility index (Phi) is 5.57. The summed E-state index contributed by atoms with van der Waals surface area (Å²) < 4.78 is 4.06. The maximum atomic E-state index is 13.2. The van der Waals surface area contributed by atoms with Gasteiger partial charge in [0.05, 0.1) is 0 Å². The molecule has 0 radical (unpaired) electrons. The molecule has 8 nitrogen and oxygen atoms in total. The minimum Gasteiger partial charge on any atom is -0.355 e. The normalized spacial score (nSPS) is 14.1. The Morgan fingerprint density at radius 1 is 1.13 bits per heavy atom. The van der Waals surface area contributed by atoms with Gasteiger partial charge in [0.1, 0.15) is 17.3 Å². The highest BCUT2D eigenvalue weighted by molar-refractivity contribution is 5.98. The quantitative estimate of drug-likeness (QED) is 0.697. The molecule has 158 valence electrons. The average Bonchev–Trinajstić information content (AvgIpc) is 3.20. The Hall–Kier alpha value is -3.16. The second-order valence-electron chi connectivity index (χ2n) is 8.07. The summed E-state index contributed by atoms with van der Waals surface area (Å²) in [6, 6.07) is 9.99. The van der Waals surface area contributed by atoms with E-state index in [4.69, 9.17) is 0 Å². The molecule has 0 saturated heterocycles. The van der Waals surface area contributed by atoms with Crippen LogP contribution < -0.4 is 5.32 Å². The summed E-state index contributed by atoms with van der Waals surface area (Å²) >= 11 is 0. The van der Waals surface area contributed by atoms with Crippen molar-refractivity contribution in [3.05, 3.63) is 47.7 Å². The highest BCUT2D eigenvalue weighted by Crippen LogP contribution is 2.20. The third kappa shape index (κ3) is 3.81. The monoisotopic (exact) mass is 408 g/mol. The fourth-order valence-electron chi connectivity index (χ4n) is 3.93. The van der Waals surface area contributed by atoms with Crippen LogP contribution in [0.1, 0.15) is 36.0 Å². The second kappa shape index (κ2) is 8.30. The lowest BCUT2D eigenvalue weighted by atomic mass is 10.2. The molecule has 0 fully saturated rings. The summed E-state index contributed by atoms with van der Waals surface area (Å²) in [6.45, 7) is 6.16. The molecule has 8 heteroatoms. The predicted octanol–water partition coefficient (Wildman–Crippen LogP) is 1.78. The molecule has 0 aliphatic carbocycles. The number of hydrogen-bond donors (Lipinski definition) is 1. The standard InChI is InChI=1S/C22H28N6O2/c1-15(2)21(29)23-10-8-19-24-25-20-9-11-27(12-13-28(19)20)22(30)18-14-16-6-4-5-7-17(16)26(18)3/h4-7,14-15H,8-13H2,1-3H3,(H,23,29). The Bertz CT molecular complexity index is 1080. The van der Waals surface area contributed by atoms with Gasteiger partial charge in [-0.3, -0.25) is 9.59 Å². The molecule has 4 rings (SSSR count). The first-order valence-corrected chi connectivity index (χ1v) is 10.5. The van der Waals surface area contributed by atoms with Crippen molar-refractivity contribution >= 4 is 22.7 Å². The average molecular weight is 409 g/mol. The Morgan fingerprint density at radius 3 is 2.70 bits per heavy atom. The number of aromatic nitrogens is 4. The van der Waals surface area contributed by atoms with Crippen LogP contribution in [0.15, 0.2) is 30.3 Å². The first kappa shape index (κ1) is 20.1. The topological polar surface area (TPSA) is 85.1 Å². The first-order chi connectivity index (χ1) is 14.5. The van der Waals surface area contributed by atoms with Gasteiger partial charge in [-0.2, -0.15) is 0 Å². The van der Waals surface area contributed by atoms with E-state index in [0.717, 1.165) is 22.6 Å². The van der Waals surface area contributed by atoms with Gasteiger partial charge in [-0.05, 0) is 12.1 Å². The van der Waals surface area contributed by atoms with E-state index in [-0.39, 0.29) is 17.7 Å². The van der Waals surface area contributed by atoms with Crippen molar-refractivity contribution in [3.8, 4) is 0 Å². The van der Waals surface area contributed by atoms with Gasteiger partial charge in [0.2, 0.25) is 5.91 Å². The fourth-order valence-corrected chi connectivity index (χ4v) is 3.93. The number of nitrogens with zero attached hydrogens (tertiary/aromatic N) is 5. The van der Waals surface area contributed by atoms with Crippen LogP contribution in [0.2, 0.25) is 0 Å². The van der Waals surface area contributed by atoms with E-state index in [0.29, 0.717) is 44.7 Å². The van der Waals surface area contributed by atoms with Crippen molar-refractivity contribution in [1.29, 1.82) is 0 Å². The largest absolute Gasteiger partial charge is 0.355 e. The molecular formula is C22H28N6O2. The van der Waals surface area contributed by atoms with Crippen molar-refractivity contribution in [1.82, 2.24) is 29.5 Å². The highest BCUT2D eigenvalue weighted by atomic mass is 16.2. The van der Waals surface area contributed by atoms with E-state index in [9.17, 15) is 9.59 Å². The van der Waals surface area contributed by atoms with Crippen LogP contribution >= 0.6 is 0 Å². The lowest BCUT2D eigenvalue weighted by Crippen LogP contribution is -2.35. The zero-order valence-corrected chi connectivity index (χ0v) is 17.8. The van der Waals surface area contributed by atoms with E-state index in [1.54, 1.807) is 0 Å². The number of fused-ring (bicyclic) bond motifs is 2. The molecule has 0 unspecified atom stereocenters. The maximum Gasteiger partial charge on any atom is 0.270 e. The molecule has 2 aromatic heterocycles. The molecule has 3 heterocycles. The van der Waals surface area contributed by atoms with E-state index < -0.39 is 0 Å². The molecule has 0 atom stereocenters. The Balaban J connectivity index is 1.44. The van der Waals surface area contributed by atoms with Crippen molar-refractivity contribution in [2.45, 2.75) is 33.2 Å². The van der Waals surface area contributed by atoms with Crippen molar-refractivity contribution in [3.63, 3.8) is 0 Å². The van der Waals surface area contributed by atoms with Gasteiger partial charge in [-0.1, -0.05) is 32.0 Å². The molecular weight excluding hydrogens is 380 g/mol. The second-order valence-corrected chi connectivity index (χ2v) is 8.07. The smallest absolute Gasteiger partial charge is 0.270 e. The molecule has 2 amide bonds. The van der Waals surface area contributed by atoms with Crippen LogP contribution in [-0.2, 0) is 31.2 Å². The summed E-state index contributed by atoms with van der Waals surface area (Å²) in [6.07, 6.45) is 1.30. The molecule has 1 aliphatic rings. The van der Waals surface area contributed by atoms with E-state index in [1.807, 2.05) is 60.7 Å². The van der Waals surface area contributed by atoms with Gasteiger partial charge in [0.15, 0.2) is 0 Å². The molecule has 30 heavy (non-hydrogen) atoms. The minimum atomic E-state index is -0.0331. The van der Waals surface area contributed by atoms with Crippen molar-refractivity contribution in [2.24, 2.45) is 13.0 Å². The van der Waals surface area contributed by atoms with Crippen molar-refractivity contribution < 1.29 is 9.59 Å². The van der Waals surface area contributed by atoms with Gasteiger partial charge in [0, 0.05) is 62.9 Å². The summed E-state index contributed by atoms with van der Waals surface area (Å²) in [4.78, 5) is 26.9. The number of para-hydroxylation sites is 1. The zero-order valence-electron chi connectivity index (χ0n) is 17.8. The molecule has 3 aromatic rings. The lowest BCUT2D eigenvalue weighted by Gasteiger charge is -2.20. The van der Waals surface area contributed by atoms with Crippen LogP contribution in [0.5, 0.6) is 0 Å². The molecule has 0 saturated carbocycles. The van der Waals surface area contributed by atoms with Crippen LogP contribution in [0.25, 0.3) is 10.9 Å². The molecule has 0 spiro atoms. The van der Waals surface area contributed by atoms with Crippen LogP contribution in [-0.4, -0.2) is 55.7 Å². The molecule has 0 bridgehead atoms. The summed E-state index contributed by atoms with van der Waals surface area (Å²) in [7, 11) is 1.94. The first-order valence-electron chi connectivity index (χ1n) is 10.5. The maximum absolute atomic E-state index is 13.2. The Morgan fingerprint density at radius 2 is 1.93 bits per heavy atom. The van der Waals surface area contributed by atoms with E-state index >= 15 is 0 Å². The minimum absolute atomic E-state index is 0.0331. The van der Waals surface area contributed by atoms with Crippen molar-refractivity contribution in [2.75, 3.05) is 19.6 Å². The number of benzene rings is 1. The summed E-state index contributed by atoms with van der Waals surface area (Å²) in [5.74, 6) is 1.80. The number of carbonyl (C=O) groups excluding carboxylic acids is 2. The number of amides is 2. The number of rotatable bonds is 5. The lowest BCUT2D eigenvalue weighted by molar-refractivity contribution is -0.123. The van der Waals surface area contributed by atoms with Crippen LogP contribution in [0.4, 0.5) is 0 Å². The van der Waals surface area contributed by atoms with Gasteiger partial charge in [0.25, 0.3) is 5.91 Å². The third-order valence-electron chi connectivity index (χ3n) is 5.73. The molecule has 1 N–H and O–H groups in total. The third-order valence-corrected chi connectivity index (χ3v) is 5.73. The summed E-state index contributed by atoms with van der Waals surface area (Å²) in [5, 5.41) is 12.6. The highest BCUT2D eigenvalue weighted by Gasteiger charge is 2.24. The summed E-state index contributed by atoms with van der Waals surface area (Å²) in [5.41, 5.74) is 1.75. The van der Waals surface area contributed by atoms with Gasteiger partial charge in [-0.15, -0.1) is 10.2 Å². The zero-order chi connectivity index (χ0) is 21.3. The number of carbonyl (C=O) groups is 2. The number of nitrogens with one attached hydrogen (secondary N) is 1. The Labute approximate surface area is 175 Å². The van der Waals surface area contributed by atoms with E-state index in [2.05, 4.69) is 20.1 Å². The number of hydrogen-bond acceptors (Lipinski definition) is 4.